The van der Waals surface area contributed by atoms with Gasteiger partial charge in [0.1, 0.15) is 11.2 Å². The van der Waals surface area contributed by atoms with E-state index < -0.39 is 24.2 Å². The summed E-state index contributed by atoms with van der Waals surface area (Å²) in [7, 11) is 0. The van der Waals surface area contributed by atoms with E-state index in [2.05, 4.69) is 12.1 Å². The molecule has 0 aliphatic carbocycles. The van der Waals surface area contributed by atoms with Gasteiger partial charge in [-0.3, -0.25) is 0 Å². The largest absolute Gasteiger partial charge is 0.456 e. The molecule has 0 amide bonds. The van der Waals surface area contributed by atoms with Crippen LogP contribution >= 0.6 is 0 Å². The summed E-state index contributed by atoms with van der Waals surface area (Å²) in [6.07, 6.45) is 0. The van der Waals surface area contributed by atoms with Gasteiger partial charge in [-0.2, -0.15) is 0 Å². The molecule has 0 unspecified atom stereocenters. The molecule has 0 aliphatic heterocycles. The average molecular weight is 629 g/mol. The van der Waals surface area contributed by atoms with Crippen molar-refractivity contribution >= 4 is 75.8 Å². The summed E-state index contributed by atoms with van der Waals surface area (Å²) in [5, 5.41) is 7.91. The Morgan fingerprint density at radius 3 is 1.80 bits per heavy atom. The fraction of sp³-hybridized carbons (Fsp3) is 0. The van der Waals surface area contributed by atoms with Gasteiger partial charge in [0.15, 0.2) is 0 Å². The molecular formula is C48H28O. The van der Waals surface area contributed by atoms with Crippen molar-refractivity contribution < 1.29 is 15.4 Å². The lowest BCUT2D eigenvalue weighted by Crippen LogP contribution is -1.92. The molecule has 226 valence electrons. The van der Waals surface area contributed by atoms with Gasteiger partial charge in [0, 0.05) is 10.8 Å². The second-order valence-electron chi connectivity index (χ2n) is 12.6. The van der Waals surface area contributed by atoms with Gasteiger partial charge in [-0.1, -0.05) is 139 Å². The normalized spacial score (nSPS) is 14.4. The van der Waals surface area contributed by atoms with Crippen molar-refractivity contribution in [2.45, 2.75) is 0 Å². The minimum atomic E-state index is -0.434. The Bertz CT molecular complexity index is 3470. The molecule has 1 nitrogen and oxygen atoms in total. The Kier molecular flexibility index (Phi) is 4.10. The molecule has 1 heterocycles. The standard InChI is InChI=1S/C48H28O/c1-2-11-29(12-3-1)33-25-34-27-42(40-19-10-20-43-48(40)46(34)44(28-33)49-43)47-38-17-8-6-15-36(38)45(37-16-7-9-18-39(37)47)32-24-23-31-22-21-30-13-4-5-14-35(30)41(31)26-32/h1-28H/i6D,7D,8D,9D,15D,16D,17D,18D. The first-order valence-corrected chi connectivity index (χ1v) is 16.3. The molecule has 11 aromatic rings. The third-order valence-electron chi connectivity index (χ3n) is 10.0. The van der Waals surface area contributed by atoms with Gasteiger partial charge >= 0.3 is 0 Å². The molecule has 0 saturated carbocycles. The van der Waals surface area contributed by atoms with Crippen molar-refractivity contribution in [1.29, 1.82) is 0 Å². The summed E-state index contributed by atoms with van der Waals surface area (Å²) in [5.41, 5.74) is 5.03. The van der Waals surface area contributed by atoms with E-state index in [9.17, 15) is 5.48 Å². The third kappa shape index (κ3) is 3.82. The molecule has 0 saturated heterocycles. The lowest BCUT2D eigenvalue weighted by atomic mass is 9.83. The zero-order valence-corrected chi connectivity index (χ0v) is 26.0. The van der Waals surface area contributed by atoms with Gasteiger partial charge in [-0.05, 0) is 118 Å². The molecule has 1 aromatic heterocycles. The molecule has 0 radical (unpaired) electrons. The molecular weight excluding hydrogens is 593 g/mol. The van der Waals surface area contributed by atoms with Crippen LogP contribution in [0.3, 0.4) is 0 Å². The van der Waals surface area contributed by atoms with E-state index in [4.69, 9.17) is 9.90 Å². The van der Waals surface area contributed by atoms with Gasteiger partial charge < -0.3 is 4.42 Å². The number of rotatable bonds is 3. The maximum atomic E-state index is 9.57. The predicted molar refractivity (Wildman–Crippen MR) is 209 cm³/mol. The highest BCUT2D eigenvalue weighted by molar-refractivity contribution is 6.30. The lowest BCUT2D eigenvalue weighted by Gasteiger charge is -2.19. The predicted octanol–water partition coefficient (Wildman–Crippen LogP) is 13.8. The third-order valence-corrected chi connectivity index (χ3v) is 10.0. The highest BCUT2D eigenvalue weighted by Gasteiger charge is 2.22. The van der Waals surface area contributed by atoms with Gasteiger partial charge in [0.05, 0.1) is 11.0 Å². The van der Waals surface area contributed by atoms with Gasteiger partial charge in [0.25, 0.3) is 0 Å². The van der Waals surface area contributed by atoms with Crippen LogP contribution in [0.4, 0.5) is 0 Å². The molecule has 0 spiro atoms. The summed E-state index contributed by atoms with van der Waals surface area (Å²) >= 11 is 0. The second kappa shape index (κ2) is 10.0. The number of benzene rings is 10. The van der Waals surface area contributed by atoms with Crippen LogP contribution in [0.5, 0.6) is 0 Å². The van der Waals surface area contributed by atoms with Crippen molar-refractivity contribution in [3.63, 3.8) is 0 Å². The SMILES string of the molecule is [2H]c1c([2H])c([2H])c2c(-c3cc4cc(-c5ccccc5)cc5oc6cccc3c6c45)c3c([2H])c([2H])c([2H])c([2H])c3c(-c3ccc4ccc5ccccc5c4c3)c2c1[2H]. The molecule has 10 aromatic carbocycles. The van der Waals surface area contributed by atoms with Crippen molar-refractivity contribution in [1.82, 2.24) is 0 Å². The smallest absolute Gasteiger partial charge is 0.136 e. The monoisotopic (exact) mass is 628 g/mol. The summed E-state index contributed by atoms with van der Waals surface area (Å²) in [6, 6.07) is 36.7. The first-order valence-electron chi connectivity index (χ1n) is 20.3. The Labute approximate surface area is 293 Å². The fourth-order valence-corrected chi connectivity index (χ4v) is 7.89. The highest BCUT2D eigenvalue weighted by atomic mass is 16.3. The molecule has 1 heteroatoms. The summed E-state index contributed by atoms with van der Waals surface area (Å²) in [6.45, 7) is 0. The molecule has 0 fully saturated rings. The average Bonchev–Trinajstić information content (AvgIpc) is 3.63. The summed E-state index contributed by atoms with van der Waals surface area (Å²) < 4.78 is 80.5. The van der Waals surface area contributed by atoms with Gasteiger partial charge in [-0.15, -0.1) is 0 Å². The summed E-state index contributed by atoms with van der Waals surface area (Å²) in [5.74, 6) is 0. The van der Waals surface area contributed by atoms with Crippen LogP contribution in [0.2, 0.25) is 0 Å². The van der Waals surface area contributed by atoms with Crippen LogP contribution in [0, 0.1) is 0 Å². The number of hydrogen-bond acceptors (Lipinski definition) is 1. The quantitative estimate of drug-likeness (QED) is 0.140. The van der Waals surface area contributed by atoms with Crippen molar-refractivity contribution in [3.05, 3.63) is 170 Å². The molecule has 0 bridgehead atoms. The minimum Gasteiger partial charge on any atom is -0.456 e. The molecule has 0 atom stereocenters. The first kappa shape index (κ1) is 20.0. The van der Waals surface area contributed by atoms with Gasteiger partial charge in [0.2, 0.25) is 0 Å². The topological polar surface area (TPSA) is 13.1 Å². The lowest BCUT2D eigenvalue weighted by molar-refractivity contribution is 0.669. The van der Waals surface area contributed by atoms with Crippen LogP contribution < -0.4 is 0 Å². The van der Waals surface area contributed by atoms with Crippen molar-refractivity contribution in [2.75, 3.05) is 0 Å². The first-order chi connectivity index (χ1) is 27.6. The van der Waals surface area contributed by atoms with Crippen LogP contribution in [0.25, 0.3) is 109 Å². The Morgan fingerprint density at radius 1 is 0.367 bits per heavy atom. The van der Waals surface area contributed by atoms with Crippen LogP contribution in [-0.4, -0.2) is 0 Å². The van der Waals surface area contributed by atoms with E-state index in [1.54, 1.807) is 0 Å². The van der Waals surface area contributed by atoms with Crippen molar-refractivity contribution in [3.8, 4) is 33.4 Å². The maximum Gasteiger partial charge on any atom is 0.136 e. The maximum absolute atomic E-state index is 9.57. The molecule has 49 heavy (non-hydrogen) atoms. The zero-order chi connectivity index (χ0) is 39.0. The van der Waals surface area contributed by atoms with E-state index in [0.29, 0.717) is 33.4 Å². The number of furan rings is 1. The molecule has 0 N–H and O–H groups in total. The van der Waals surface area contributed by atoms with Crippen LogP contribution in [0.15, 0.2) is 174 Å². The Morgan fingerprint density at radius 2 is 1.02 bits per heavy atom. The Balaban J connectivity index is 1.38. The Hall–Kier alpha value is -6.44. The van der Waals surface area contributed by atoms with E-state index >= 15 is 0 Å². The molecule has 0 aliphatic rings. The van der Waals surface area contributed by atoms with Crippen molar-refractivity contribution in [2.24, 2.45) is 0 Å². The fourth-order valence-electron chi connectivity index (χ4n) is 7.89. The second-order valence-corrected chi connectivity index (χ2v) is 12.6. The van der Waals surface area contributed by atoms with Gasteiger partial charge in [-0.25, -0.2) is 0 Å². The van der Waals surface area contributed by atoms with E-state index in [0.717, 1.165) is 54.2 Å². The zero-order valence-electron chi connectivity index (χ0n) is 34.0. The summed E-state index contributed by atoms with van der Waals surface area (Å²) in [4.78, 5) is 0. The van der Waals surface area contributed by atoms with Crippen LogP contribution in [-0.2, 0) is 0 Å². The van der Waals surface area contributed by atoms with E-state index in [1.807, 2.05) is 109 Å². The molecule has 11 rings (SSSR count). The number of fused-ring (bicyclic) bond motifs is 5. The van der Waals surface area contributed by atoms with E-state index in [-0.39, 0.29) is 45.7 Å². The van der Waals surface area contributed by atoms with E-state index in [1.165, 1.54) is 0 Å². The number of hydrogen-bond donors (Lipinski definition) is 0. The van der Waals surface area contributed by atoms with Crippen LogP contribution in [0.1, 0.15) is 11.0 Å². The highest BCUT2D eigenvalue weighted by Crippen LogP contribution is 2.49. The minimum absolute atomic E-state index is 0.178.